The largest absolute Gasteiger partial charge is 0.480 e. The summed E-state index contributed by atoms with van der Waals surface area (Å²) in [5.74, 6) is -0.151. The van der Waals surface area contributed by atoms with Crippen molar-refractivity contribution in [1.82, 2.24) is 4.90 Å². The van der Waals surface area contributed by atoms with Gasteiger partial charge in [0, 0.05) is 17.1 Å². The van der Waals surface area contributed by atoms with Gasteiger partial charge in [0.25, 0.3) is 0 Å². The van der Waals surface area contributed by atoms with E-state index in [4.69, 9.17) is 9.84 Å². The molecule has 1 heterocycles. The van der Waals surface area contributed by atoms with Crippen molar-refractivity contribution in [1.29, 1.82) is 0 Å². The van der Waals surface area contributed by atoms with Crippen LogP contribution in [0.4, 0.5) is 0 Å². The first kappa shape index (κ1) is 15.9. The smallest absolute Gasteiger partial charge is 0.329 e. The molecule has 1 saturated heterocycles. The maximum atomic E-state index is 12.0. The van der Waals surface area contributed by atoms with Gasteiger partial charge in [0.05, 0.1) is 13.1 Å². The molecule has 0 radical (unpaired) electrons. The van der Waals surface area contributed by atoms with Gasteiger partial charge in [-0.05, 0) is 19.1 Å². The van der Waals surface area contributed by atoms with Gasteiger partial charge >= 0.3 is 5.97 Å². The molecule has 1 amide bonds. The Balaban J connectivity index is 1.66. The highest BCUT2D eigenvalue weighted by atomic mass is 32.2. The van der Waals surface area contributed by atoms with Crippen molar-refractivity contribution in [3.05, 3.63) is 30.3 Å². The van der Waals surface area contributed by atoms with Crippen molar-refractivity contribution in [3.8, 4) is 0 Å². The zero-order valence-corrected chi connectivity index (χ0v) is 12.8. The first-order valence-electron chi connectivity index (χ1n) is 6.80. The number of carboxylic acids is 1. The molecule has 1 fully saturated rings. The number of hydrogen-bond acceptors (Lipinski definition) is 4. The normalized spacial score (nSPS) is 16.3. The lowest BCUT2D eigenvalue weighted by Gasteiger charge is -2.47. The number of amides is 1. The second kappa shape index (κ2) is 6.95. The number of likely N-dealkylation sites (tertiary alicyclic amines) is 1. The summed E-state index contributed by atoms with van der Waals surface area (Å²) in [4.78, 5) is 25.3. The summed E-state index contributed by atoms with van der Waals surface area (Å²) in [6, 6.07) is 9.97. The molecule has 2 rings (SSSR count). The van der Waals surface area contributed by atoms with Crippen LogP contribution in [-0.4, -0.2) is 52.9 Å². The van der Waals surface area contributed by atoms with Crippen molar-refractivity contribution in [2.75, 3.05) is 25.4 Å². The van der Waals surface area contributed by atoms with Crippen LogP contribution in [0.1, 0.15) is 13.3 Å². The van der Waals surface area contributed by atoms with Gasteiger partial charge in [-0.15, -0.1) is 11.8 Å². The van der Waals surface area contributed by atoms with Crippen molar-refractivity contribution in [2.24, 2.45) is 0 Å². The minimum atomic E-state index is -0.986. The van der Waals surface area contributed by atoms with E-state index in [2.05, 4.69) is 0 Å². The summed E-state index contributed by atoms with van der Waals surface area (Å²) in [7, 11) is 0. The van der Waals surface area contributed by atoms with Crippen molar-refractivity contribution >= 4 is 23.6 Å². The van der Waals surface area contributed by atoms with Crippen LogP contribution >= 0.6 is 11.8 Å². The third-order valence-electron chi connectivity index (χ3n) is 3.28. The summed E-state index contributed by atoms with van der Waals surface area (Å²) in [5.41, 5.74) is -0.513. The molecular formula is C15H19NO4S. The first-order chi connectivity index (χ1) is 9.98. The molecule has 0 atom stereocenters. The molecule has 1 N–H and O–H groups in total. The average molecular weight is 309 g/mol. The van der Waals surface area contributed by atoms with Gasteiger partial charge in [0.2, 0.25) is 5.91 Å². The summed E-state index contributed by atoms with van der Waals surface area (Å²) in [6.45, 7) is 2.45. The van der Waals surface area contributed by atoms with E-state index in [1.165, 1.54) is 0 Å². The average Bonchev–Trinajstić information content (AvgIpc) is 2.43. The van der Waals surface area contributed by atoms with E-state index in [0.717, 1.165) is 10.6 Å². The Morgan fingerprint density at radius 3 is 2.62 bits per heavy atom. The molecule has 21 heavy (non-hydrogen) atoms. The standard InChI is InChI=1S/C15H19NO4S/c1-15(20-9-14(18)19)10-16(11-15)13(17)7-8-21-12-5-3-2-4-6-12/h2-6H,7-11H2,1H3,(H,18,19). The lowest BCUT2D eigenvalue weighted by molar-refractivity contribution is -0.173. The third-order valence-corrected chi connectivity index (χ3v) is 4.29. The van der Waals surface area contributed by atoms with Gasteiger partial charge in [-0.2, -0.15) is 0 Å². The fourth-order valence-electron chi connectivity index (χ4n) is 2.20. The van der Waals surface area contributed by atoms with Crippen molar-refractivity contribution in [2.45, 2.75) is 23.8 Å². The quantitative estimate of drug-likeness (QED) is 0.779. The van der Waals surface area contributed by atoms with E-state index in [0.29, 0.717) is 19.5 Å². The second-order valence-corrected chi connectivity index (χ2v) is 6.46. The van der Waals surface area contributed by atoms with E-state index < -0.39 is 11.6 Å². The van der Waals surface area contributed by atoms with Crippen LogP contribution in [0.25, 0.3) is 0 Å². The summed E-state index contributed by atoms with van der Waals surface area (Å²) >= 11 is 1.66. The monoisotopic (exact) mass is 309 g/mol. The van der Waals surface area contributed by atoms with E-state index in [-0.39, 0.29) is 12.5 Å². The number of carboxylic acid groups (broad SMARTS) is 1. The zero-order valence-electron chi connectivity index (χ0n) is 11.9. The van der Waals surface area contributed by atoms with E-state index in [1.807, 2.05) is 37.3 Å². The zero-order chi connectivity index (χ0) is 15.3. The fraction of sp³-hybridized carbons (Fsp3) is 0.467. The third kappa shape index (κ3) is 4.75. The van der Waals surface area contributed by atoms with Gasteiger partial charge in [-0.1, -0.05) is 18.2 Å². The minimum Gasteiger partial charge on any atom is -0.480 e. The Bertz CT molecular complexity index is 500. The maximum absolute atomic E-state index is 12.0. The summed E-state index contributed by atoms with van der Waals surface area (Å²) in [6.07, 6.45) is 0.481. The molecule has 0 aromatic heterocycles. The van der Waals surface area contributed by atoms with Gasteiger partial charge in [-0.25, -0.2) is 4.79 Å². The van der Waals surface area contributed by atoms with Crippen LogP contribution < -0.4 is 0 Å². The Kier molecular flexibility index (Phi) is 5.25. The number of hydrogen-bond donors (Lipinski definition) is 1. The highest BCUT2D eigenvalue weighted by Crippen LogP contribution is 2.26. The topological polar surface area (TPSA) is 66.8 Å². The molecule has 1 aromatic carbocycles. The number of rotatable bonds is 7. The number of thioether (sulfide) groups is 1. The SMILES string of the molecule is CC1(OCC(=O)O)CN(C(=O)CCSc2ccccc2)C1. The molecule has 0 unspecified atom stereocenters. The van der Waals surface area contributed by atoms with Crippen LogP contribution in [0, 0.1) is 0 Å². The van der Waals surface area contributed by atoms with E-state index in [1.54, 1.807) is 16.7 Å². The number of aliphatic carboxylic acids is 1. The summed E-state index contributed by atoms with van der Waals surface area (Å²) < 4.78 is 5.28. The van der Waals surface area contributed by atoms with Crippen LogP contribution in [0.15, 0.2) is 35.2 Å². The molecule has 0 bridgehead atoms. The lowest BCUT2D eigenvalue weighted by Crippen LogP contribution is -2.63. The van der Waals surface area contributed by atoms with Crippen LogP contribution in [0.2, 0.25) is 0 Å². The minimum absolute atomic E-state index is 0.0924. The fourth-order valence-corrected chi connectivity index (χ4v) is 3.06. The number of benzene rings is 1. The number of carbonyl (C=O) groups is 2. The predicted octanol–water partition coefficient (Wildman–Crippen LogP) is 1.87. The molecule has 5 nitrogen and oxygen atoms in total. The summed E-state index contributed by atoms with van der Waals surface area (Å²) in [5, 5.41) is 8.59. The molecule has 1 aromatic rings. The molecule has 1 aliphatic heterocycles. The van der Waals surface area contributed by atoms with Gasteiger partial charge in [0.1, 0.15) is 12.2 Å². The highest BCUT2D eigenvalue weighted by molar-refractivity contribution is 7.99. The molecule has 6 heteroatoms. The molecule has 114 valence electrons. The maximum Gasteiger partial charge on any atom is 0.329 e. The van der Waals surface area contributed by atoms with Crippen molar-refractivity contribution < 1.29 is 19.4 Å². The lowest BCUT2D eigenvalue weighted by atomic mass is 9.96. The van der Waals surface area contributed by atoms with Gasteiger partial charge in [-0.3, -0.25) is 4.79 Å². The molecule has 1 aliphatic rings. The highest BCUT2D eigenvalue weighted by Gasteiger charge is 2.42. The Morgan fingerprint density at radius 2 is 2.00 bits per heavy atom. The molecule has 0 spiro atoms. The molecule has 0 saturated carbocycles. The molecular weight excluding hydrogens is 290 g/mol. The Morgan fingerprint density at radius 1 is 1.33 bits per heavy atom. The second-order valence-electron chi connectivity index (χ2n) is 5.29. The number of nitrogens with zero attached hydrogens (tertiary/aromatic N) is 1. The van der Waals surface area contributed by atoms with Crippen LogP contribution in [0.3, 0.4) is 0 Å². The van der Waals surface area contributed by atoms with Crippen molar-refractivity contribution in [3.63, 3.8) is 0 Å². The van der Waals surface area contributed by atoms with Gasteiger partial charge < -0.3 is 14.7 Å². The Labute approximate surface area is 128 Å². The van der Waals surface area contributed by atoms with Crippen LogP contribution in [-0.2, 0) is 14.3 Å². The van der Waals surface area contributed by atoms with Crippen LogP contribution in [0.5, 0.6) is 0 Å². The number of ether oxygens (including phenoxy) is 1. The molecule has 0 aliphatic carbocycles. The van der Waals surface area contributed by atoms with Gasteiger partial charge in [0.15, 0.2) is 0 Å². The first-order valence-corrected chi connectivity index (χ1v) is 7.78. The predicted molar refractivity (Wildman–Crippen MR) is 80.4 cm³/mol. The Hall–Kier alpha value is -1.53. The van der Waals surface area contributed by atoms with E-state index in [9.17, 15) is 9.59 Å². The van der Waals surface area contributed by atoms with E-state index >= 15 is 0 Å². The number of carbonyl (C=O) groups excluding carboxylic acids is 1.